The smallest absolute Gasteiger partial charge is 0.219 e. The molecule has 7 heteroatoms. The average Bonchev–Trinajstić information content (AvgIpc) is 3.05. The summed E-state index contributed by atoms with van der Waals surface area (Å²) in [5.74, 6) is 1.68. The fraction of sp³-hybridized carbons (Fsp3) is 0.500. The number of piperazine rings is 1. The van der Waals surface area contributed by atoms with Crippen LogP contribution >= 0.6 is 0 Å². The third kappa shape index (κ3) is 5.28. The molecule has 1 aliphatic rings. The monoisotopic (exact) mass is 427 g/mol. The van der Waals surface area contributed by atoms with Gasteiger partial charge in [0, 0.05) is 56.6 Å². The first kappa shape index (κ1) is 22.9. The maximum absolute atomic E-state index is 13.0. The van der Waals surface area contributed by atoms with Crippen molar-refractivity contribution in [3.8, 4) is 11.5 Å². The van der Waals surface area contributed by atoms with E-state index in [1.807, 2.05) is 43.0 Å². The number of Topliss-reactive ketones (excluding diaryl/α,β-unsaturated/α-hetero) is 1. The molecule has 0 unspecified atom stereocenters. The van der Waals surface area contributed by atoms with Crippen molar-refractivity contribution in [1.29, 1.82) is 0 Å². The van der Waals surface area contributed by atoms with Crippen LogP contribution in [0.5, 0.6) is 11.5 Å². The van der Waals surface area contributed by atoms with Crippen LogP contribution in [0, 0.1) is 13.8 Å². The normalized spacial score (nSPS) is 14.5. The van der Waals surface area contributed by atoms with Crippen molar-refractivity contribution in [2.45, 2.75) is 33.7 Å². The van der Waals surface area contributed by atoms with E-state index < -0.39 is 0 Å². The first-order valence-electron chi connectivity index (χ1n) is 10.7. The Morgan fingerprint density at radius 1 is 0.968 bits per heavy atom. The van der Waals surface area contributed by atoms with E-state index in [2.05, 4.69) is 9.47 Å². The summed E-state index contributed by atoms with van der Waals surface area (Å²) in [4.78, 5) is 28.4. The van der Waals surface area contributed by atoms with E-state index in [-0.39, 0.29) is 11.7 Å². The highest BCUT2D eigenvalue weighted by molar-refractivity contribution is 5.99. The number of carbonyl (C=O) groups excluding carboxylic acids is 2. The summed E-state index contributed by atoms with van der Waals surface area (Å²) in [5, 5.41) is 0. The van der Waals surface area contributed by atoms with Gasteiger partial charge in [-0.1, -0.05) is 6.07 Å². The maximum Gasteiger partial charge on any atom is 0.219 e. The molecule has 0 spiro atoms. The van der Waals surface area contributed by atoms with Gasteiger partial charge in [-0.25, -0.2) is 0 Å². The molecule has 0 radical (unpaired) electrons. The third-order valence-corrected chi connectivity index (χ3v) is 6.13. The molecule has 0 saturated carbocycles. The molecule has 7 nitrogen and oxygen atoms in total. The van der Waals surface area contributed by atoms with Crippen LogP contribution in [0.15, 0.2) is 24.3 Å². The number of nitrogens with zero attached hydrogens (tertiary/aromatic N) is 3. The Morgan fingerprint density at radius 2 is 1.65 bits per heavy atom. The number of rotatable bonds is 8. The van der Waals surface area contributed by atoms with Crippen molar-refractivity contribution in [1.82, 2.24) is 14.4 Å². The zero-order valence-electron chi connectivity index (χ0n) is 19.2. The summed E-state index contributed by atoms with van der Waals surface area (Å²) in [5.41, 5.74) is 4.04. The molecule has 1 fully saturated rings. The molecular weight excluding hydrogens is 394 g/mol. The second-order valence-electron chi connectivity index (χ2n) is 8.08. The van der Waals surface area contributed by atoms with Gasteiger partial charge in [0.05, 0.1) is 20.8 Å². The molecule has 0 atom stereocenters. The van der Waals surface area contributed by atoms with Crippen molar-refractivity contribution in [3.05, 3.63) is 46.8 Å². The fourth-order valence-electron chi connectivity index (χ4n) is 4.21. The molecule has 1 aliphatic heterocycles. The molecule has 0 bridgehead atoms. The van der Waals surface area contributed by atoms with E-state index in [0.717, 1.165) is 60.1 Å². The number of hydrogen-bond acceptors (Lipinski definition) is 5. The van der Waals surface area contributed by atoms with Gasteiger partial charge in [0.15, 0.2) is 17.3 Å². The molecule has 168 valence electrons. The topological polar surface area (TPSA) is 64.0 Å². The Kier molecular flexibility index (Phi) is 7.38. The third-order valence-electron chi connectivity index (χ3n) is 6.13. The van der Waals surface area contributed by atoms with Crippen LogP contribution in [0.25, 0.3) is 0 Å². The summed E-state index contributed by atoms with van der Waals surface area (Å²) in [6.45, 7) is 9.69. The molecular formula is C24H33N3O4. The predicted molar refractivity (Wildman–Crippen MR) is 120 cm³/mol. The van der Waals surface area contributed by atoms with Gasteiger partial charge in [-0.05, 0) is 44.0 Å². The summed E-state index contributed by atoms with van der Waals surface area (Å²) < 4.78 is 12.9. The van der Waals surface area contributed by atoms with Gasteiger partial charge in [0.2, 0.25) is 5.91 Å². The minimum absolute atomic E-state index is 0.101. The number of ketones is 1. The molecule has 1 amide bonds. The zero-order valence-corrected chi connectivity index (χ0v) is 19.2. The second kappa shape index (κ2) is 10.0. The summed E-state index contributed by atoms with van der Waals surface area (Å²) in [6, 6.07) is 7.96. The minimum atomic E-state index is 0.101. The van der Waals surface area contributed by atoms with Gasteiger partial charge in [0.25, 0.3) is 0 Å². The van der Waals surface area contributed by atoms with Crippen LogP contribution in [-0.2, 0) is 17.8 Å². The highest BCUT2D eigenvalue weighted by Gasteiger charge is 2.23. The first-order valence-corrected chi connectivity index (χ1v) is 10.7. The van der Waals surface area contributed by atoms with E-state index in [0.29, 0.717) is 19.6 Å². The van der Waals surface area contributed by atoms with Gasteiger partial charge in [-0.3, -0.25) is 14.5 Å². The lowest BCUT2D eigenvalue weighted by Gasteiger charge is -2.33. The summed E-state index contributed by atoms with van der Waals surface area (Å²) in [7, 11) is 3.27. The SMILES string of the molecule is COc1ccc(CCn2c(C)cc(C(=O)CN3CCN(C(C)=O)CC3)c2C)cc1OC. The van der Waals surface area contributed by atoms with Crippen LogP contribution in [0.1, 0.15) is 34.2 Å². The lowest BCUT2D eigenvalue weighted by atomic mass is 10.1. The standard InChI is InChI=1S/C24H33N3O4/c1-17-14-21(22(29)16-25-10-12-26(13-11-25)19(3)28)18(2)27(17)9-8-20-6-7-23(30-4)24(15-20)31-5/h6-7,14-15H,8-13,16H2,1-5H3. The van der Waals surface area contributed by atoms with Gasteiger partial charge >= 0.3 is 0 Å². The quantitative estimate of drug-likeness (QED) is 0.606. The van der Waals surface area contributed by atoms with Crippen LogP contribution < -0.4 is 9.47 Å². The molecule has 2 aromatic rings. The van der Waals surface area contributed by atoms with Crippen molar-refractivity contribution < 1.29 is 19.1 Å². The molecule has 1 saturated heterocycles. The van der Waals surface area contributed by atoms with Crippen molar-refractivity contribution in [3.63, 3.8) is 0 Å². The van der Waals surface area contributed by atoms with Crippen LogP contribution in [0.2, 0.25) is 0 Å². The van der Waals surface area contributed by atoms with Crippen LogP contribution in [0.3, 0.4) is 0 Å². The van der Waals surface area contributed by atoms with E-state index in [4.69, 9.17) is 9.47 Å². The Balaban J connectivity index is 1.64. The van der Waals surface area contributed by atoms with E-state index in [9.17, 15) is 9.59 Å². The van der Waals surface area contributed by atoms with Gasteiger partial charge in [-0.15, -0.1) is 0 Å². The van der Waals surface area contributed by atoms with Gasteiger partial charge in [-0.2, -0.15) is 0 Å². The molecule has 3 rings (SSSR count). The largest absolute Gasteiger partial charge is 0.493 e. The number of aromatic nitrogens is 1. The van der Waals surface area contributed by atoms with Crippen molar-refractivity contribution in [2.75, 3.05) is 46.9 Å². The van der Waals surface area contributed by atoms with Crippen LogP contribution in [0.4, 0.5) is 0 Å². The second-order valence-corrected chi connectivity index (χ2v) is 8.08. The Morgan fingerprint density at radius 3 is 2.26 bits per heavy atom. The van der Waals surface area contributed by atoms with E-state index in [1.54, 1.807) is 21.1 Å². The molecule has 31 heavy (non-hydrogen) atoms. The number of amides is 1. The molecule has 0 N–H and O–H groups in total. The predicted octanol–water partition coefficient (Wildman–Crippen LogP) is 2.71. The number of methoxy groups -OCH3 is 2. The Labute approximate surface area is 184 Å². The van der Waals surface area contributed by atoms with Crippen molar-refractivity contribution >= 4 is 11.7 Å². The maximum atomic E-state index is 13.0. The highest BCUT2D eigenvalue weighted by atomic mass is 16.5. The molecule has 2 heterocycles. The Bertz CT molecular complexity index is 943. The Hall–Kier alpha value is -2.80. The number of ether oxygens (including phenoxy) is 2. The van der Waals surface area contributed by atoms with Gasteiger partial charge in [0.1, 0.15) is 0 Å². The van der Waals surface area contributed by atoms with Crippen molar-refractivity contribution in [2.24, 2.45) is 0 Å². The van der Waals surface area contributed by atoms with E-state index >= 15 is 0 Å². The molecule has 1 aromatic carbocycles. The minimum Gasteiger partial charge on any atom is -0.493 e. The summed E-state index contributed by atoms with van der Waals surface area (Å²) >= 11 is 0. The van der Waals surface area contributed by atoms with Gasteiger partial charge < -0.3 is 18.9 Å². The molecule has 0 aliphatic carbocycles. The number of benzene rings is 1. The summed E-state index contributed by atoms with van der Waals surface area (Å²) in [6.07, 6.45) is 0.831. The average molecular weight is 428 g/mol. The number of hydrogen-bond donors (Lipinski definition) is 0. The lowest BCUT2D eigenvalue weighted by molar-refractivity contribution is -0.130. The fourth-order valence-corrected chi connectivity index (χ4v) is 4.21. The van der Waals surface area contributed by atoms with E-state index in [1.165, 1.54) is 0 Å². The first-order chi connectivity index (χ1) is 14.8. The zero-order chi connectivity index (χ0) is 22.5. The highest BCUT2D eigenvalue weighted by Crippen LogP contribution is 2.28. The molecule has 1 aromatic heterocycles. The lowest BCUT2D eigenvalue weighted by Crippen LogP contribution is -2.49. The number of carbonyl (C=O) groups is 2. The van der Waals surface area contributed by atoms with Crippen LogP contribution in [-0.4, -0.2) is 73.0 Å². The number of aryl methyl sites for hydroxylation is 2.